The lowest BCUT2D eigenvalue weighted by Gasteiger charge is -2.33. The summed E-state index contributed by atoms with van der Waals surface area (Å²) in [6.07, 6.45) is 1.00. The summed E-state index contributed by atoms with van der Waals surface area (Å²) in [4.78, 5) is 28.3. The molecular weight excluding hydrogens is 569 g/mol. The number of ether oxygens (including phenoxy) is 1. The summed E-state index contributed by atoms with van der Waals surface area (Å²) in [6.45, 7) is 5.75. The van der Waals surface area contributed by atoms with Crippen molar-refractivity contribution in [2.75, 3.05) is 24.0 Å². The topological polar surface area (TPSA) is 96.0 Å². The van der Waals surface area contributed by atoms with Crippen LogP contribution in [-0.2, 0) is 26.2 Å². The molecule has 0 spiro atoms. The predicted octanol–water partition coefficient (Wildman–Crippen LogP) is 5.41. The minimum Gasteiger partial charge on any atom is -0.494 e. The molecule has 0 unspecified atom stereocenters. The molecule has 3 aromatic carbocycles. The van der Waals surface area contributed by atoms with Crippen molar-refractivity contribution < 1.29 is 27.1 Å². The van der Waals surface area contributed by atoms with Gasteiger partial charge in [-0.3, -0.25) is 13.9 Å². The molecule has 3 aromatic rings. The number of hydrogen-bond acceptors (Lipinski definition) is 5. The molecule has 0 saturated carbocycles. The second-order valence-corrected chi connectivity index (χ2v) is 11.5. The Morgan fingerprint density at radius 3 is 2.22 bits per heavy atom. The fraction of sp³-hybridized carbons (Fsp3) is 0.333. The molecule has 0 heterocycles. The Hall–Kier alpha value is -3.63. The summed E-state index contributed by atoms with van der Waals surface area (Å²) in [5, 5.41) is 3.25. The minimum absolute atomic E-state index is 0.00965. The van der Waals surface area contributed by atoms with E-state index >= 15 is 0 Å². The van der Waals surface area contributed by atoms with Crippen molar-refractivity contribution in [2.45, 2.75) is 51.1 Å². The summed E-state index contributed by atoms with van der Waals surface area (Å²) in [5.74, 6) is -1.02. The van der Waals surface area contributed by atoms with Crippen LogP contribution >= 0.6 is 11.6 Å². The molecule has 0 bridgehead atoms. The van der Waals surface area contributed by atoms with Crippen LogP contribution in [0.4, 0.5) is 10.1 Å². The van der Waals surface area contributed by atoms with Gasteiger partial charge in [0.1, 0.15) is 24.2 Å². The van der Waals surface area contributed by atoms with Crippen molar-refractivity contribution >= 4 is 39.1 Å². The van der Waals surface area contributed by atoms with E-state index in [4.69, 9.17) is 16.3 Å². The van der Waals surface area contributed by atoms with Crippen LogP contribution in [0, 0.1) is 5.82 Å². The SMILES string of the molecule is CCCNC(=O)[C@@H](CC)N(Cc1ccccc1Cl)C(=O)CN(c1ccc(OCC)cc1)S(=O)(=O)c1ccc(F)cc1. The molecule has 0 aliphatic carbocycles. The fourth-order valence-corrected chi connectivity index (χ4v) is 5.84. The molecule has 0 saturated heterocycles. The fourth-order valence-electron chi connectivity index (χ4n) is 4.23. The van der Waals surface area contributed by atoms with Crippen molar-refractivity contribution in [3.63, 3.8) is 0 Å². The first-order valence-electron chi connectivity index (χ1n) is 13.4. The summed E-state index contributed by atoms with van der Waals surface area (Å²) in [7, 11) is -4.32. The third-order valence-electron chi connectivity index (χ3n) is 6.35. The van der Waals surface area contributed by atoms with E-state index in [1.54, 1.807) is 43.3 Å². The van der Waals surface area contributed by atoms with Crippen LogP contribution in [0.2, 0.25) is 5.02 Å². The number of sulfonamides is 1. The predicted molar refractivity (Wildman–Crippen MR) is 158 cm³/mol. The van der Waals surface area contributed by atoms with Crippen LogP contribution in [0.25, 0.3) is 0 Å². The Morgan fingerprint density at radius 1 is 0.976 bits per heavy atom. The standard InChI is InChI=1S/C30H35ClFN3O5S/c1-4-19-33-30(37)28(5-2)34(20-22-9-7-8-10-27(22)31)29(36)21-35(24-13-15-25(16-14-24)40-6-3)41(38,39)26-17-11-23(32)12-18-26/h7-18,28H,4-6,19-21H2,1-3H3,(H,33,37)/t28-/m1/s1. The van der Waals surface area contributed by atoms with Gasteiger partial charge in [-0.2, -0.15) is 0 Å². The van der Waals surface area contributed by atoms with E-state index in [0.29, 0.717) is 42.3 Å². The van der Waals surface area contributed by atoms with Crippen LogP contribution in [0.1, 0.15) is 39.2 Å². The lowest BCUT2D eigenvalue weighted by molar-refractivity contribution is -0.140. The summed E-state index contributed by atoms with van der Waals surface area (Å²) >= 11 is 6.40. The average Bonchev–Trinajstić information content (AvgIpc) is 2.96. The molecule has 8 nitrogen and oxygen atoms in total. The number of hydrogen-bond donors (Lipinski definition) is 1. The number of rotatable bonds is 14. The number of nitrogens with one attached hydrogen (secondary N) is 1. The first kappa shape index (κ1) is 31.9. The van der Waals surface area contributed by atoms with Gasteiger partial charge in [-0.05, 0) is 79.9 Å². The van der Waals surface area contributed by atoms with Crippen LogP contribution in [-0.4, -0.2) is 50.9 Å². The maximum Gasteiger partial charge on any atom is 0.264 e. The highest BCUT2D eigenvalue weighted by Gasteiger charge is 2.34. The van der Waals surface area contributed by atoms with Crippen LogP contribution in [0.15, 0.2) is 77.7 Å². The molecule has 0 aliphatic rings. The van der Waals surface area contributed by atoms with Gasteiger partial charge in [0, 0.05) is 18.1 Å². The normalized spacial score (nSPS) is 11.9. The van der Waals surface area contributed by atoms with Crippen molar-refractivity contribution in [1.82, 2.24) is 10.2 Å². The molecule has 220 valence electrons. The zero-order valence-electron chi connectivity index (χ0n) is 23.3. The minimum atomic E-state index is -4.32. The highest BCUT2D eigenvalue weighted by molar-refractivity contribution is 7.92. The molecule has 1 N–H and O–H groups in total. The van der Waals surface area contributed by atoms with E-state index in [2.05, 4.69) is 5.32 Å². The molecule has 1 atom stereocenters. The molecule has 0 aromatic heterocycles. The van der Waals surface area contributed by atoms with Gasteiger partial charge in [0.15, 0.2) is 0 Å². The van der Waals surface area contributed by atoms with Gasteiger partial charge in [0.25, 0.3) is 10.0 Å². The molecule has 0 fully saturated rings. The lowest BCUT2D eigenvalue weighted by atomic mass is 10.1. The molecule has 0 radical (unpaired) electrons. The average molecular weight is 604 g/mol. The van der Waals surface area contributed by atoms with E-state index in [0.717, 1.165) is 28.6 Å². The third kappa shape index (κ3) is 8.20. The molecule has 11 heteroatoms. The first-order valence-corrected chi connectivity index (χ1v) is 15.3. The maximum absolute atomic E-state index is 14.0. The number of carbonyl (C=O) groups is 2. The highest BCUT2D eigenvalue weighted by Crippen LogP contribution is 2.27. The van der Waals surface area contributed by atoms with Crippen molar-refractivity contribution in [2.24, 2.45) is 0 Å². The molecule has 0 aliphatic heterocycles. The second-order valence-electron chi connectivity index (χ2n) is 9.22. The summed E-state index contributed by atoms with van der Waals surface area (Å²) < 4.78 is 47.8. The number of halogens is 2. The second kappa shape index (κ2) is 14.8. The zero-order valence-corrected chi connectivity index (χ0v) is 24.9. The molecular formula is C30H35ClFN3O5S. The zero-order chi connectivity index (χ0) is 30.0. The van der Waals surface area contributed by atoms with Gasteiger partial charge in [0.2, 0.25) is 11.8 Å². The molecule has 2 amide bonds. The third-order valence-corrected chi connectivity index (χ3v) is 8.51. The Bertz CT molecular complexity index is 1420. The Morgan fingerprint density at radius 2 is 1.63 bits per heavy atom. The smallest absolute Gasteiger partial charge is 0.264 e. The molecule has 3 rings (SSSR count). The van der Waals surface area contributed by atoms with E-state index in [1.165, 1.54) is 17.0 Å². The summed E-state index contributed by atoms with van der Waals surface area (Å²) in [5.41, 5.74) is 0.811. The number of anilines is 1. The van der Waals surface area contributed by atoms with Gasteiger partial charge in [-0.1, -0.05) is 43.6 Å². The Kier molecular flexibility index (Phi) is 11.5. The largest absolute Gasteiger partial charge is 0.494 e. The monoisotopic (exact) mass is 603 g/mol. The van der Waals surface area contributed by atoms with E-state index in [1.807, 2.05) is 13.8 Å². The van der Waals surface area contributed by atoms with Crippen molar-refractivity contribution in [3.05, 3.63) is 89.2 Å². The van der Waals surface area contributed by atoms with Crippen LogP contribution in [0.3, 0.4) is 0 Å². The first-order chi connectivity index (χ1) is 19.6. The Balaban J connectivity index is 2.06. The number of nitrogens with zero attached hydrogens (tertiary/aromatic N) is 2. The Labute approximate surface area is 246 Å². The molecule has 41 heavy (non-hydrogen) atoms. The van der Waals surface area contributed by atoms with E-state index < -0.39 is 34.3 Å². The summed E-state index contributed by atoms with van der Waals surface area (Å²) in [6, 6.07) is 16.7. The number of benzene rings is 3. The number of carbonyl (C=O) groups excluding carboxylic acids is 2. The van der Waals surface area contributed by atoms with E-state index in [-0.39, 0.29) is 23.0 Å². The van der Waals surface area contributed by atoms with Crippen molar-refractivity contribution in [3.8, 4) is 5.75 Å². The highest BCUT2D eigenvalue weighted by atomic mass is 35.5. The quantitative estimate of drug-likeness (QED) is 0.266. The van der Waals surface area contributed by atoms with Gasteiger partial charge < -0.3 is 15.0 Å². The van der Waals surface area contributed by atoms with Gasteiger partial charge in [-0.25, -0.2) is 12.8 Å². The lowest BCUT2D eigenvalue weighted by Crippen LogP contribution is -2.52. The van der Waals surface area contributed by atoms with Crippen LogP contribution < -0.4 is 14.4 Å². The number of amides is 2. The maximum atomic E-state index is 14.0. The van der Waals surface area contributed by atoms with Gasteiger partial charge >= 0.3 is 0 Å². The van der Waals surface area contributed by atoms with Crippen molar-refractivity contribution in [1.29, 1.82) is 0 Å². The van der Waals surface area contributed by atoms with Gasteiger partial charge in [-0.15, -0.1) is 0 Å². The van der Waals surface area contributed by atoms with Crippen LogP contribution in [0.5, 0.6) is 5.75 Å². The van der Waals surface area contributed by atoms with Gasteiger partial charge in [0.05, 0.1) is 17.2 Å². The van der Waals surface area contributed by atoms with E-state index in [9.17, 15) is 22.4 Å².